The van der Waals surface area contributed by atoms with E-state index >= 15 is 0 Å². The molecule has 0 atom stereocenters. The number of carbonyl (C=O) groups is 1. The quantitative estimate of drug-likeness (QED) is 0.675. The molecule has 0 fully saturated rings. The zero-order valence-electron chi connectivity index (χ0n) is 14.2. The predicted molar refractivity (Wildman–Crippen MR) is 102 cm³/mol. The van der Waals surface area contributed by atoms with E-state index < -0.39 is 0 Å². The first-order valence-corrected chi connectivity index (χ1v) is 9.18. The van der Waals surface area contributed by atoms with Gasteiger partial charge in [0.05, 0.1) is 4.88 Å². The van der Waals surface area contributed by atoms with E-state index in [2.05, 4.69) is 17.4 Å². The highest BCUT2D eigenvalue weighted by Crippen LogP contribution is 2.18. The normalized spacial score (nSPS) is 10.4. The number of aryl methyl sites for hydroxylation is 1. The zero-order valence-corrected chi connectivity index (χ0v) is 15.0. The summed E-state index contributed by atoms with van der Waals surface area (Å²) < 4.78 is 5.75. The summed E-state index contributed by atoms with van der Waals surface area (Å²) in [7, 11) is 0. The summed E-state index contributed by atoms with van der Waals surface area (Å²) >= 11 is 1.45. The maximum Gasteiger partial charge on any atom is 0.261 e. The fourth-order valence-corrected chi connectivity index (χ4v) is 3.24. The first-order chi connectivity index (χ1) is 12.2. The lowest BCUT2D eigenvalue weighted by Gasteiger charge is -2.05. The van der Waals surface area contributed by atoms with Gasteiger partial charge in [0.25, 0.3) is 5.91 Å². The van der Waals surface area contributed by atoms with E-state index in [1.807, 2.05) is 60.8 Å². The molecule has 3 nitrogen and oxygen atoms in total. The Kier molecular flexibility index (Phi) is 5.86. The van der Waals surface area contributed by atoms with Crippen LogP contribution < -0.4 is 10.1 Å². The second-order valence-corrected chi connectivity index (χ2v) is 6.82. The molecule has 0 spiro atoms. The average Bonchev–Trinajstić information content (AvgIpc) is 3.11. The van der Waals surface area contributed by atoms with Crippen LogP contribution in [-0.4, -0.2) is 12.5 Å². The summed E-state index contributed by atoms with van der Waals surface area (Å²) in [5, 5.41) is 4.94. The Morgan fingerprint density at radius 2 is 1.80 bits per heavy atom. The molecule has 1 amide bonds. The molecule has 0 aliphatic heterocycles. The van der Waals surface area contributed by atoms with Crippen LogP contribution >= 0.6 is 11.3 Å². The van der Waals surface area contributed by atoms with Crippen LogP contribution in [0.3, 0.4) is 0 Å². The molecule has 0 saturated heterocycles. The van der Waals surface area contributed by atoms with Crippen molar-refractivity contribution in [3.05, 3.63) is 87.6 Å². The van der Waals surface area contributed by atoms with Crippen molar-refractivity contribution in [3.8, 4) is 5.75 Å². The van der Waals surface area contributed by atoms with Crippen molar-refractivity contribution < 1.29 is 9.53 Å². The summed E-state index contributed by atoms with van der Waals surface area (Å²) in [6.45, 7) is 3.15. The number of thiophene rings is 1. The monoisotopic (exact) mass is 351 g/mol. The SMILES string of the molecule is Cc1ccc(OCc2csc(C(=O)NCCc3ccccc3)c2)cc1. The molecule has 25 heavy (non-hydrogen) atoms. The van der Waals surface area contributed by atoms with Crippen molar-refractivity contribution in [2.24, 2.45) is 0 Å². The van der Waals surface area contributed by atoms with E-state index in [0.29, 0.717) is 13.2 Å². The van der Waals surface area contributed by atoms with E-state index in [-0.39, 0.29) is 5.91 Å². The lowest BCUT2D eigenvalue weighted by atomic mass is 10.1. The molecule has 3 aromatic rings. The summed E-state index contributed by atoms with van der Waals surface area (Å²) in [5.41, 5.74) is 3.44. The van der Waals surface area contributed by atoms with Crippen molar-refractivity contribution in [2.45, 2.75) is 20.0 Å². The highest BCUT2D eigenvalue weighted by molar-refractivity contribution is 7.12. The van der Waals surface area contributed by atoms with E-state index in [1.54, 1.807) is 0 Å². The number of carbonyl (C=O) groups excluding carboxylic acids is 1. The highest BCUT2D eigenvalue weighted by Gasteiger charge is 2.09. The van der Waals surface area contributed by atoms with E-state index in [0.717, 1.165) is 22.6 Å². The van der Waals surface area contributed by atoms with Gasteiger partial charge in [-0.2, -0.15) is 0 Å². The van der Waals surface area contributed by atoms with Crippen LogP contribution in [0.1, 0.15) is 26.4 Å². The maximum absolute atomic E-state index is 12.2. The fourth-order valence-electron chi connectivity index (χ4n) is 2.42. The summed E-state index contributed by atoms with van der Waals surface area (Å²) in [6, 6.07) is 20.0. The summed E-state index contributed by atoms with van der Waals surface area (Å²) in [5.74, 6) is 0.813. The van der Waals surface area contributed by atoms with Gasteiger partial charge in [-0.3, -0.25) is 4.79 Å². The molecule has 0 bridgehead atoms. The van der Waals surface area contributed by atoms with Crippen LogP contribution in [0.4, 0.5) is 0 Å². The van der Waals surface area contributed by atoms with Gasteiger partial charge in [-0.1, -0.05) is 48.0 Å². The largest absolute Gasteiger partial charge is 0.489 e. The Balaban J connectivity index is 1.47. The van der Waals surface area contributed by atoms with Crippen LogP contribution in [0.25, 0.3) is 0 Å². The van der Waals surface area contributed by atoms with Gasteiger partial charge in [0.1, 0.15) is 12.4 Å². The minimum atomic E-state index is -0.0254. The molecule has 0 unspecified atom stereocenters. The van der Waals surface area contributed by atoms with Crippen molar-refractivity contribution in [3.63, 3.8) is 0 Å². The maximum atomic E-state index is 12.2. The first kappa shape index (κ1) is 17.2. The van der Waals surface area contributed by atoms with Crippen molar-refractivity contribution in [1.29, 1.82) is 0 Å². The van der Waals surface area contributed by atoms with E-state index in [1.165, 1.54) is 22.5 Å². The lowest BCUT2D eigenvalue weighted by Crippen LogP contribution is -2.24. The first-order valence-electron chi connectivity index (χ1n) is 8.30. The van der Waals surface area contributed by atoms with Gasteiger partial charge in [-0.15, -0.1) is 11.3 Å². The molecule has 4 heteroatoms. The number of nitrogens with one attached hydrogen (secondary N) is 1. The number of hydrogen-bond acceptors (Lipinski definition) is 3. The minimum Gasteiger partial charge on any atom is -0.489 e. The second kappa shape index (κ2) is 8.49. The molecular weight excluding hydrogens is 330 g/mol. The summed E-state index contributed by atoms with van der Waals surface area (Å²) in [6.07, 6.45) is 0.835. The highest BCUT2D eigenvalue weighted by atomic mass is 32.1. The standard InChI is InChI=1S/C21H21NO2S/c1-16-7-9-19(10-8-16)24-14-18-13-20(25-15-18)21(23)22-12-11-17-5-3-2-4-6-17/h2-10,13,15H,11-12,14H2,1H3,(H,22,23). The molecule has 1 heterocycles. The van der Waals surface area contributed by atoms with Crippen LogP contribution in [0.15, 0.2) is 66.0 Å². The fraction of sp³-hybridized carbons (Fsp3) is 0.190. The van der Waals surface area contributed by atoms with E-state index in [4.69, 9.17) is 4.74 Å². The van der Waals surface area contributed by atoms with Gasteiger partial charge in [0.2, 0.25) is 0 Å². The molecule has 1 aromatic heterocycles. The Labute approximate surface area is 152 Å². The van der Waals surface area contributed by atoms with Crippen LogP contribution in [0.5, 0.6) is 5.75 Å². The van der Waals surface area contributed by atoms with Crippen LogP contribution in [-0.2, 0) is 13.0 Å². The predicted octanol–water partition coefficient (Wildman–Crippen LogP) is 4.61. The smallest absolute Gasteiger partial charge is 0.261 e. The number of hydrogen-bond donors (Lipinski definition) is 1. The molecule has 0 saturated carbocycles. The van der Waals surface area contributed by atoms with Gasteiger partial charge in [0, 0.05) is 12.1 Å². The molecule has 0 aliphatic rings. The van der Waals surface area contributed by atoms with Crippen molar-refractivity contribution in [1.82, 2.24) is 5.32 Å². The topological polar surface area (TPSA) is 38.3 Å². The third-order valence-corrected chi connectivity index (χ3v) is 4.82. The second-order valence-electron chi connectivity index (χ2n) is 5.91. The van der Waals surface area contributed by atoms with Gasteiger partial charge in [-0.05, 0) is 42.5 Å². The Bertz CT molecular complexity index is 809. The Hall–Kier alpha value is -2.59. The third-order valence-electron chi connectivity index (χ3n) is 3.85. The Morgan fingerprint density at radius 3 is 2.56 bits per heavy atom. The molecular formula is C21H21NO2S. The van der Waals surface area contributed by atoms with E-state index in [9.17, 15) is 4.79 Å². The zero-order chi connectivity index (χ0) is 17.5. The summed E-state index contributed by atoms with van der Waals surface area (Å²) in [4.78, 5) is 12.9. The number of amides is 1. The van der Waals surface area contributed by atoms with Gasteiger partial charge in [-0.25, -0.2) is 0 Å². The molecule has 0 radical (unpaired) electrons. The molecule has 128 valence electrons. The third kappa shape index (κ3) is 5.19. The molecule has 1 N–H and O–H groups in total. The van der Waals surface area contributed by atoms with Crippen LogP contribution in [0.2, 0.25) is 0 Å². The van der Waals surface area contributed by atoms with Gasteiger partial charge < -0.3 is 10.1 Å². The van der Waals surface area contributed by atoms with Crippen molar-refractivity contribution in [2.75, 3.05) is 6.54 Å². The van der Waals surface area contributed by atoms with Gasteiger partial charge in [0.15, 0.2) is 0 Å². The van der Waals surface area contributed by atoms with Crippen LogP contribution in [0, 0.1) is 6.92 Å². The average molecular weight is 351 g/mol. The Morgan fingerprint density at radius 1 is 1.04 bits per heavy atom. The molecule has 3 rings (SSSR count). The number of ether oxygens (including phenoxy) is 1. The lowest BCUT2D eigenvalue weighted by molar-refractivity contribution is 0.0958. The minimum absolute atomic E-state index is 0.0254. The molecule has 0 aliphatic carbocycles. The number of rotatable bonds is 7. The van der Waals surface area contributed by atoms with Crippen molar-refractivity contribution >= 4 is 17.2 Å². The molecule has 2 aromatic carbocycles. The number of benzene rings is 2. The van der Waals surface area contributed by atoms with Gasteiger partial charge >= 0.3 is 0 Å².